The summed E-state index contributed by atoms with van der Waals surface area (Å²) < 4.78 is 0. The number of aliphatic hydroxyl groups excluding tert-OH is 1. The lowest BCUT2D eigenvalue weighted by Crippen LogP contribution is -2.14. The monoisotopic (exact) mass is 221 g/mol. The predicted molar refractivity (Wildman–Crippen MR) is 70.2 cm³/mol. The van der Waals surface area contributed by atoms with Crippen molar-refractivity contribution in [1.29, 1.82) is 0 Å². The van der Waals surface area contributed by atoms with Crippen LogP contribution in [-0.2, 0) is 6.42 Å². The van der Waals surface area contributed by atoms with Crippen LogP contribution in [0.2, 0.25) is 0 Å². The fourth-order valence-corrected chi connectivity index (χ4v) is 1.88. The van der Waals surface area contributed by atoms with Crippen LogP contribution in [0.15, 0.2) is 18.2 Å². The minimum absolute atomic E-state index is 0.291. The maximum atomic E-state index is 9.52. The first kappa shape index (κ1) is 13.0. The second-order valence-electron chi connectivity index (χ2n) is 4.99. The van der Waals surface area contributed by atoms with E-state index in [0.717, 1.165) is 0 Å². The van der Waals surface area contributed by atoms with Gasteiger partial charge in [0, 0.05) is 26.2 Å². The lowest BCUT2D eigenvalue weighted by molar-refractivity contribution is 0.195. The van der Waals surface area contributed by atoms with E-state index in [2.05, 4.69) is 36.9 Å². The van der Waals surface area contributed by atoms with Crippen molar-refractivity contribution >= 4 is 5.69 Å². The third kappa shape index (κ3) is 3.24. The molecule has 0 radical (unpaired) electrons. The average Bonchev–Trinajstić information content (AvgIpc) is 2.15. The fraction of sp³-hybridized carbons (Fsp3) is 0.571. The van der Waals surface area contributed by atoms with Crippen LogP contribution in [0.5, 0.6) is 0 Å². The lowest BCUT2D eigenvalue weighted by Gasteiger charge is -2.20. The number of nitrogens with zero attached hydrogens (tertiary/aromatic N) is 1. The van der Waals surface area contributed by atoms with Gasteiger partial charge in [0.05, 0.1) is 6.10 Å². The summed E-state index contributed by atoms with van der Waals surface area (Å²) in [6.45, 7) is 6.22. The SMILES string of the molecule is CC(O)Cc1cc(C(C)C)ccc1N(C)C. The zero-order valence-corrected chi connectivity index (χ0v) is 11.0. The Morgan fingerprint density at radius 2 is 1.81 bits per heavy atom. The van der Waals surface area contributed by atoms with Crippen molar-refractivity contribution in [3.8, 4) is 0 Å². The smallest absolute Gasteiger partial charge is 0.0553 e. The zero-order chi connectivity index (χ0) is 12.3. The number of hydrogen-bond acceptors (Lipinski definition) is 2. The largest absolute Gasteiger partial charge is 0.393 e. The van der Waals surface area contributed by atoms with Crippen LogP contribution in [0.3, 0.4) is 0 Å². The molecule has 90 valence electrons. The molecule has 0 aliphatic carbocycles. The highest BCUT2D eigenvalue weighted by atomic mass is 16.3. The molecule has 1 atom stereocenters. The van der Waals surface area contributed by atoms with E-state index in [4.69, 9.17) is 0 Å². The molecule has 1 aromatic rings. The quantitative estimate of drug-likeness (QED) is 0.845. The van der Waals surface area contributed by atoms with Crippen molar-refractivity contribution in [3.05, 3.63) is 29.3 Å². The molecule has 2 nitrogen and oxygen atoms in total. The summed E-state index contributed by atoms with van der Waals surface area (Å²) in [7, 11) is 4.08. The van der Waals surface area contributed by atoms with Gasteiger partial charge < -0.3 is 10.0 Å². The summed E-state index contributed by atoms with van der Waals surface area (Å²) in [4.78, 5) is 2.10. The fourth-order valence-electron chi connectivity index (χ4n) is 1.88. The molecular weight excluding hydrogens is 198 g/mol. The van der Waals surface area contributed by atoms with Gasteiger partial charge in [-0.3, -0.25) is 0 Å². The molecule has 0 bridgehead atoms. The summed E-state index contributed by atoms with van der Waals surface area (Å²) in [5, 5.41) is 9.52. The number of hydrogen-bond donors (Lipinski definition) is 1. The zero-order valence-electron chi connectivity index (χ0n) is 11.0. The van der Waals surface area contributed by atoms with Crippen molar-refractivity contribution < 1.29 is 5.11 Å². The summed E-state index contributed by atoms with van der Waals surface area (Å²) in [5.74, 6) is 0.531. The summed E-state index contributed by atoms with van der Waals surface area (Å²) in [6.07, 6.45) is 0.426. The average molecular weight is 221 g/mol. The highest BCUT2D eigenvalue weighted by Gasteiger charge is 2.09. The van der Waals surface area contributed by atoms with Crippen molar-refractivity contribution in [3.63, 3.8) is 0 Å². The maximum Gasteiger partial charge on any atom is 0.0553 e. The van der Waals surface area contributed by atoms with Crippen LogP contribution in [0.1, 0.15) is 37.8 Å². The van der Waals surface area contributed by atoms with Crippen LogP contribution < -0.4 is 4.90 Å². The molecule has 0 amide bonds. The third-order valence-corrected chi connectivity index (χ3v) is 2.77. The van der Waals surface area contributed by atoms with E-state index in [1.165, 1.54) is 16.8 Å². The van der Waals surface area contributed by atoms with Crippen LogP contribution in [0, 0.1) is 0 Å². The van der Waals surface area contributed by atoms with Gasteiger partial charge in [0.15, 0.2) is 0 Å². The Labute approximate surface area is 98.9 Å². The van der Waals surface area contributed by atoms with Gasteiger partial charge in [0.1, 0.15) is 0 Å². The van der Waals surface area contributed by atoms with Gasteiger partial charge in [-0.2, -0.15) is 0 Å². The van der Waals surface area contributed by atoms with Crippen LogP contribution in [0.4, 0.5) is 5.69 Å². The van der Waals surface area contributed by atoms with Crippen molar-refractivity contribution in [2.45, 2.75) is 39.2 Å². The highest BCUT2D eigenvalue weighted by molar-refractivity contribution is 5.54. The van der Waals surface area contributed by atoms with Crippen molar-refractivity contribution in [2.75, 3.05) is 19.0 Å². The van der Waals surface area contributed by atoms with Crippen LogP contribution in [-0.4, -0.2) is 25.3 Å². The first-order valence-electron chi connectivity index (χ1n) is 5.90. The van der Waals surface area contributed by atoms with Crippen molar-refractivity contribution in [2.24, 2.45) is 0 Å². The van der Waals surface area contributed by atoms with E-state index >= 15 is 0 Å². The van der Waals surface area contributed by atoms with E-state index in [-0.39, 0.29) is 6.10 Å². The Morgan fingerprint density at radius 3 is 2.25 bits per heavy atom. The molecule has 1 unspecified atom stereocenters. The molecule has 0 saturated carbocycles. The predicted octanol–water partition coefficient (Wildman–Crippen LogP) is 2.80. The molecule has 0 aliphatic rings. The number of benzene rings is 1. The molecule has 0 spiro atoms. The first-order valence-corrected chi connectivity index (χ1v) is 5.90. The minimum Gasteiger partial charge on any atom is -0.393 e. The molecule has 1 aromatic carbocycles. The van der Waals surface area contributed by atoms with Gasteiger partial charge in [-0.1, -0.05) is 26.0 Å². The molecule has 0 aromatic heterocycles. The molecular formula is C14H23NO. The third-order valence-electron chi connectivity index (χ3n) is 2.77. The van der Waals surface area contributed by atoms with E-state index in [1.54, 1.807) is 0 Å². The standard InChI is InChI=1S/C14H23NO/c1-10(2)12-6-7-14(15(4)5)13(9-12)8-11(3)16/h6-7,9-11,16H,8H2,1-5H3. The first-order chi connectivity index (χ1) is 7.41. The Bertz CT molecular complexity index is 343. The second-order valence-corrected chi connectivity index (χ2v) is 4.99. The van der Waals surface area contributed by atoms with Gasteiger partial charge in [0.25, 0.3) is 0 Å². The number of rotatable bonds is 4. The Balaban J connectivity index is 3.10. The molecule has 0 fully saturated rings. The molecule has 16 heavy (non-hydrogen) atoms. The minimum atomic E-state index is -0.291. The number of aliphatic hydroxyl groups is 1. The normalized spacial score (nSPS) is 12.9. The van der Waals surface area contributed by atoms with Crippen LogP contribution in [0.25, 0.3) is 0 Å². The molecule has 1 N–H and O–H groups in total. The van der Waals surface area contributed by atoms with Gasteiger partial charge in [0.2, 0.25) is 0 Å². The molecule has 1 rings (SSSR count). The van der Waals surface area contributed by atoms with Crippen LogP contribution >= 0.6 is 0 Å². The second kappa shape index (κ2) is 5.35. The highest BCUT2D eigenvalue weighted by Crippen LogP contribution is 2.25. The number of anilines is 1. The maximum absolute atomic E-state index is 9.52. The van der Waals surface area contributed by atoms with E-state index in [0.29, 0.717) is 12.3 Å². The molecule has 2 heteroatoms. The molecule has 0 saturated heterocycles. The van der Waals surface area contributed by atoms with Crippen molar-refractivity contribution in [1.82, 2.24) is 0 Å². The lowest BCUT2D eigenvalue weighted by atomic mass is 9.97. The van der Waals surface area contributed by atoms with Gasteiger partial charge in [-0.05, 0) is 30.0 Å². The summed E-state index contributed by atoms with van der Waals surface area (Å²) in [6, 6.07) is 6.53. The van der Waals surface area contributed by atoms with E-state index in [1.807, 2.05) is 21.0 Å². The topological polar surface area (TPSA) is 23.5 Å². The van der Waals surface area contributed by atoms with Gasteiger partial charge in [-0.25, -0.2) is 0 Å². The van der Waals surface area contributed by atoms with E-state index < -0.39 is 0 Å². The summed E-state index contributed by atoms with van der Waals surface area (Å²) in [5.41, 5.74) is 3.76. The van der Waals surface area contributed by atoms with E-state index in [9.17, 15) is 5.11 Å². The summed E-state index contributed by atoms with van der Waals surface area (Å²) >= 11 is 0. The Hall–Kier alpha value is -1.02. The van der Waals surface area contributed by atoms with Gasteiger partial charge in [-0.15, -0.1) is 0 Å². The molecule has 0 heterocycles. The Morgan fingerprint density at radius 1 is 1.19 bits per heavy atom. The Kier molecular flexibility index (Phi) is 4.36. The van der Waals surface area contributed by atoms with Gasteiger partial charge >= 0.3 is 0 Å². The molecule has 0 aliphatic heterocycles.